The Labute approximate surface area is 106 Å². The number of hydrogen-bond acceptors (Lipinski definition) is 4. The molecule has 0 spiro atoms. The third kappa shape index (κ3) is 2.85. The molecule has 0 aromatic carbocycles. The Bertz CT molecular complexity index is 442. The van der Waals surface area contributed by atoms with Crippen LogP contribution in [0.2, 0.25) is 0 Å². The second-order valence-corrected chi connectivity index (χ2v) is 4.74. The van der Waals surface area contributed by atoms with Gasteiger partial charge in [-0.1, -0.05) is 0 Å². The van der Waals surface area contributed by atoms with Gasteiger partial charge in [-0.05, 0) is 32.8 Å². The molecule has 2 rings (SSSR count). The highest BCUT2D eigenvalue weighted by Gasteiger charge is 2.22. The number of aliphatic carboxylic acids is 1. The Kier molecular flexibility index (Phi) is 3.91. The minimum absolute atomic E-state index is 0.361. The fourth-order valence-corrected chi connectivity index (χ4v) is 2.12. The number of aryl methyl sites for hydroxylation is 1. The molecule has 1 aliphatic rings. The zero-order chi connectivity index (χ0) is 13.1. The predicted molar refractivity (Wildman–Crippen MR) is 65.6 cm³/mol. The van der Waals surface area contributed by atoms with Crippen LogP contribution in [0.15, 0.2) is 6.07 Å². The van der Waals surface area contributed by atoms with E-state index in [0.717, 1.165) is 37.4 Å². The topological polar surface area (TPSA) is 72.3 Å². The standard InChI is InChI=1S/C13H18N2O3/c1-8-7-11(10-3-5-18-6-4-10)15-12(14-8)9(2)13(16)17/h7,9-10H,3-6H2,1-2H3,(H,16,17). The van der Waals surface area contributed by atoms with Crippen LogP contribution in [-0.4, -0.2) is 34.3 Å². The number of hydrogen-bond donors (Lipinski definition) is 1. The zero-order valence-corrected chi connectivity index (χ0v) is 10.7. The summed E-state index contributed by atoms with van der Waals surface area (Å²) < 4.78 is 5.33. The summed E-state index contributed by atoms with van der Waals surface area (Å²) in [7, 11) is 0. The van der Waals surface area contributed by atoms with E-state index in [4.69, 9.17) is 9.84 Å². The number of carboxylic acid groups (broad SMARTS) is 1. The Morgan fingerprint density at radius 1 is 1.44 bits per heavy atom. The number of rotatable bonds is 3. The Morgan fingerprint density at radius 3 is 2.72 bits per heavy atom. The fourth-order valence-electron chi connectivity index (χ4n) is 2.12. The first-order valence-corrected chi connectivity index (χ1v) is 6.24. The first-order chi connectivity index (χ1) is 8.58. The first kappa shape index (κ1) is 13.0. The van der Waals surface area contributed by atoms with Crippen molar-refractivity contribution in [1.82, 2.24) is 9.97 Å². The maximum atomic E-state index is 11.0. The van der Waals surface area contributed by atoms with E-state index in [0.29, 0.717) is 11.7 Å². The highest BCUT2D eigenvalue weighted by molar-refractivity contribution is 5.74. The maximum absolute atomic E-state index is 11.0. The molecule has 1 N–H and O–H groups in total. The fraction of sp³-hybridized carbons (Fsp3) is 0.615. The molecular weight excluding hydrogens is 232 g/mol. The van der Waals surface area contributed by atoms with Gasteiger partial charge in [0.1, 0.15) is 11.7 Å². The molecule has 1 aromatic heterocycles. The van der Waals surface area contributed by atoms with E-state index >= 15 is 0 Å². The largest absolute Gasteiger partial charge is 0.481 e. The van der Waals surface area contributed by atoms with Crippen LogP contribution in [0.3, 0.4) is 0 Å². The van der Waals surface area contributed by atoms with E-state index in [-0.39, 0.29) is 0 Å². The second-order valence-electron chi connectivity index (χ2n) is 4.74. The van der Waals surface area contributed by atoms with Crippen molar-refractivity contribution in [3.05, 3.63) is 23.3 Å². The van der Waals surface area contributed by atoms with Crippen molar-refractivity contribution in [3.63, 3.8) is 0 Å². The molecular formula is C13H18N2O3. The monoisotopic (exact) mass is 250 g/mol. The quantitative estimate of drug-likeness (QED) is 0.886. The van der Waals surface area contributed by atoms with E-state index < -0.39 is 11.9 Å². The van der Waals surface area contributed by atoms with Crippen molar-refractivity contribution >= 4 is 5.97 Å². The summed E-state index contributed by atoms with van der Waals surface area (Å²) >= 11 is 0. The lowest BCUT2D eigenvalue weighted by atomic mass is 9.95. The van der Waals surface area contributed by atoms with Crippen molar-refractivity contribution in [2.75, 3.05) is 13.2 Å². The molecule has 0 saturated carbocycles. The molecule has 1 atom stereocenters. The lowest BCUT2D eigenvalue weighted by Crippen LogP contribution is -2.18. The van der Waals surface area contributed by atoms with Crippen LogP contribution in [0.1, 0.15) is 48.8 Å². The van der Waals surface area contributed by atoms with Crippen LogP contribution in [-0.2, 0) is 9.53 Å². The van der Waals surface area contributed by atoms with Crippen molar-refractivity contribution in [2.45, 2.75) is 38.5 Å². The summed E-state index contributed by atoms with van der Waals surface area (Å²) in [6.07, 6.45) is 1.88. The van der Waals surface area contributed by atoms with Gasteiger partial charge in [-0.25, -0.2) is 9.97 Å². The van der Waals surface area contributed by atoms with Crippen molar-refractivity contribution in [3.8, 4) is 0 Å². The van der Waals surface area contributed by atoms with Crippen LogP contribution in [0.25, 0.3) is 0 Å². The molecule has 2 heterocycles. The molecule has 98 valence electrons. The van der Waals surface area contributed by atoms with Crippen LogP contribution < -0.4 is 0 Å². The Morgan fingerprint density at radius 2 is 2.11 bits per heavy atom. The van der Waals surface area contributed by atoms with Crippen molar-refractivity contribution in [1.29, 1.82) is 0 Å². The lowest BCUT2D eigenvalue weighted by molar-refractivity contribution is -0.138. The van der Waals surface area contributed by atoms with Gasteiger partial charge in [0.2, 0.25) is 0 Å². The summed E-state index contributed by atoms with van der Waals surface area (Å²) in [4.78, 5) is 19.7. The van der Waals surface area contributed by atoms with Gasteiger partial charge >= 0.3 is 5.97 Å². The first-order valence-electron chi connectivity index (χ1n) is 6.24. The van der Waals surface area contributed by atoms with E-state index in [1.165, 1.54) is 0 Å². The predicted octanol–water partition coefficient (Wildman–Crippen LogP) is 1.87. The van der Waals surface area contributed by atoms with Crippen LogP contribution in [0, 0.1) is 6.92 Å². The molecule has 0 bridgehead atoms. The van der Waals surface area contributed by atoms with Gasteiger partial charge in [0.25, 0.3) is 0 Å². The van der Waals surface area contributed by atoms with Gasteiger partial charge in [0.05, 0.1) is 0 Å². The minimum atomic E-state index is -0.890. The van der Waals surface area contributed by atoms with Gasteiger partial charge in [-0.2, -0.15) is 0 Å². The van der Waals surface area contributed by atoms with E-state index in [1.807, 2.05) is 13.0 Å². The third-order valence-corrected chi connectivity index (χ3v) is 3.29. The van der Waals surface area contributed by atoms with Crippen LogP contribution in [0.4, 0.5) is 0 Å². The van der Waals surface area contributed by atoms with Gasteiger partial charge in [0.15, 0.2) is 0 Å². The molecule has 5 nitrogen and oxygen atoms in total. The molecule has 1 saturated heterocycles. The number of carboxylic acids is 1. The molecule has 1 aromatic rings. The summed E-state index contributed by atoms with van der Waals surface area (Å²) in [6.45, 7) is 4.99. The average Bonchev–Trinajstić information content (AvgIpc) is 2.38. The smallest absolute Gasteiger partial charge is 0.313 e. The molecule has 1 unspecified atom stereocenters. The number of carbonyl (C=O) groups is 1. The van der Waals surface area contributed by atoms with Crippen molar-refractivity contribution in [2.24, 2.45) is 0 Å². The van der Waals surface area contributed by atoms with Crippen LogP contribution >= 0.6 is 0 Å². The van der Waals surface area contributed by atoms with Gasteiger partial charge in [0, 0.05) is 30.5 Å². The molecule has 0 aliphatic carbocycles. The highest BCUT2D eigenvalue weighted by Crippen LogP contribution is 2.26. The summed E-state index contributed by atoms with van der Waals surface area (Å²) in [5.74, 6) is -0.786. The molecule has 5 heteroatoms. The lowest BCUT2D eigenvalue weighted by Gasteiger charge is -2.22. The van der Waals surface area contributed by atoms with E-state index in [1.54, 1.807) is 6.92 Å². The van der Waals surface area contributed by atoms with Gasteiger partial charge < -0.3 is 9.84 Å². The number of nitrogens with zero attached hydrogens (tertiary/aromatic N) is 2. The van der Waals surface area contributed by atoms with Crippen molar-refractivity contribution < 1.29 is 14.6 Å². The number of ether oxygens (including phenoxy) is 1. The molecule has 0 amide bonds. The summed E-state index contributed by atoms with van der Waals surface area (Å²) in [5.41, 5.74) is 1.78. The normalized spacial score (nSPS) is 18.6. The SMILES string of the molecule is Cc1cc(C2CCOCC2)nc(C(C)C(=O)O)n1. The summed E-state index contributed by atoms with van der Waals surface area (Å²) in [6, 6.07) is 1.95. The average molecular weight is 250 g/mol. The second kappa shape index (κ2) is 5.44. The Hall–Kier alpha value is -1.49. The Balaban J connectivity index is 2.28. The van der Waals surface area contributed by atoms with E-state index in [9.17, 15) is 4.79 Å². The van der Waals surface area contributed by atoms with Gasteiger partial charge in [-0.15, -0.1) is 0 Å². The zero-order valence-electron chi connectivity index (χ0n) is 10.7. The van der Waals surface area contributed by atoms with E-state index in [2.05, 4.69) is 9.97 Å². The van der Waals surface area contributed by atoms with Gasteiger partial charge in [-0.3, -0.25) is 4.79 Å². The molecule has 0 radical (unpaired) electrons. The molecule has 1 fully saturated rings. The minimum Gasteiger partial charge on any atom is -0.481 e. The maximum Gasteiger partial charge on any atom is 0.313 e. The highest BCUT2D eigenvalue weighted by atomic mass is 16.5. The summed E-state index contributed by atoms with van der Waals surface area (Å²) in [5, 5.41) is 9.03. The third-order valence-electron chi connectivity index (χ3n) is 3.29. The molecule has 18 heavy (non-hydrogen) atoms. The molecule has 1 aliphatic heterocycles. The van der Waals surface area contributed by atoms with Crippen LogP contribution in [0.5, 0.6) is 0 Å². The number of aromatic nitrogens is 2.